The number of halogens is 1. The molecule has 1 atom stereocenters. The van der Waals surface area contributed by atoms with Gasteiger partial charge in [0.15, 0.2) is 0 Å². The first-order valence-corrected chi connectivity index (χ1v) is 5.05. The van der Waals surface area contributed by atoms with Gasteiger partial charge in [-0.2, -0.15) is 0 Å². The molecule has 0 radical (unpaired) electrons. The lowest BCUT2D eigenvalue weighted by Gasteiger charge is -2.11. The zero-order valence-corrected chi connectivity index (χ0v) is 9.21. The predicted molar refractivity (Wildman–Crippen MR) is 60.4 cm³/mol. The first-order valence-electron chi connectivity index (χ1n) is 5.05. The molecule has 2 rings (SSSR count). The van der Waals surface area contributed by atoms with Crippen LogP contribution in [-0.4, -0.2) is 11.6 Å². The van der Waals surface area contributed by atoms with E-state index in [0.29, 0.717) is 0 Å². The van der Waals surface area contributed by atoms with Gasteiger partial charge in [-0.25, -0.2) is 4.39 Å². The SMILES string of the molecule is CNC(C)c1cc2ccc(F)cc2n1C. The van der Waals surface area contributed by atoms with E-state index in [1.54, 1.807) is 6.07 Å². The Morgan fingerprint density at radius 3 is 2.73 bits per heavy atom. The largest absolute Gasteiger partial charge is 0.346 e. The summed E-state index contributed by atoms with van der Waals surface area (Å²) in [5.41, 5.74) is 2.10. The maximum Gasteiger partial charge on any atom is 0.125 e. The van der Waals surface area contributed by atoms with Crippen molar-refractivity contribution in [2.45, 2.75) is 13.0 Å². The van der Waals surface area contributed by atoms with Crippen LogP contribution in [0.1, 0.15) is 18.7 Å². The molecule has 1 unspecified atom stereocenters. The Kier molecular flexibility index (Phi) is 2.49. The summed E-state index contributed by atoms with van der Waals surface area (Å²) in [6.45, 7) is 2.09. The molecule has 2 aromatic rings. The van der Waals surface area contributed by atoms with E-state index in [4.69, 9.17) is 0 Å². The Bertz CT molecular complexity index is 488. The number of nitrogens with one attached hydrogen (secondary N) is 1. The minimum absolute atomic E-state index is 0.188. The third-order valence-corrected chi connectivity index (χ3v) is 2.92. The molecule has 0 aliphatic rings. The number of rotatable bonds is 2. The fourth-order valence-electron chi connectivity index (χ4n) is 1.89. The summed E-state index contributed by atoms with van der Waals surface area (Å²) in [5, 5.41) is 4.26. The monoisotopic (exact) mass is 206 g/mol. The van der Waals surface area contributed by atoms with E-state index in [1.165, 1.54) is 6.07 Å². The molecule has 1 heterocycles. The van der Waals surface area contributed by atoms with E-state index >= 15 is 0 Å². The van der Waals surface area contributed by atoms with Gasteiger partial charge in [-0.15, -0.1) is 0 Å². The highest BCUT2D eigenvalue weighted by Gasteiger charge is 2.10. The van der Waals surface area contributed by atoms with Crippen LogP contribution >= 0.6 is 0 Å². The van der Waals surface area contributed by atoms with E-state index in [1.807, 2.05) is 24.7 Å². The van der Waals surface area contributed by atoms with Crippen molar-refractivity contribution in [2.24, 2.45) is 7.05 Å². The number of benzene rings is 1. The van der Waals surface area contributed by atoms with Gasteiger partial charge in [0.05, 0.1) is 5.52 Å². The lowest BCUT2D eigenvalue weighted by atomic mass is 10.2. The Balaban J connectivity index is 2.64. The van der Waals surface area contributed by atoms with Gasteiger partial charge in [0.2, 0.25) is 0 Å². The van der Waals surface area contributed by atoms with Gasteiger partial charge in [0.25, 0.3) is 0 Å². The molecule has 0 saturated heterocycles. The number of hydrogen-bond acceptors (Lipinski definition) is 1. The number of hydrogen-bond donors (Lipinski definition) is 1. The van der Waals surface area contributed by atoms with Gasteiger partial charge < -0.3 is 9.88 Å². The van der Waals surface area contributed by atoms with Crippen molar-refractivity contribution in [2.75, 3.05) is 7.05 Å². The molecule has 80 valence electrons. The first-order chi connectivity index (χ1) is 7.13. The van der Waals surface area contributed by atoms with Crippen molar-refractivity contribution >= 4 is 10.9 Å². The van der Waals surface area contributed by atoms with Crippen LogP contribution in [0.2, 0.25) is 0 Å². The Morgan fingerprint density at radius 1 is 1.33 bits per heavy atom. The summed E-state index contributed by atoms with van der Waals surface area (Å²) < 4.78 is 15.1. The average Bonchev–Trinajstić information content (AvgIpc) is 2.55. The van der Waals surface area contributed by atoms with Crippen LogP contribution in [0.15, 0.2) is 24.3 Å². The molecule has 1 aromatic heterocycles. The van der Waals surface area contributed by atoms with Gasteiger partial charge in [-0.05, 0) is 38.2 Å². The van der Waals surface area contributed by atoms with E-state index in [2.05, 4.69) is 18.3 Å². The molecule has 2 nitrogen and oxygen atoms in total. The lowest BCUT2D eigenvalue weighted by molar-refractivity contribution is 0.607. The average molecular weight is 206 g/mol. The molecule has 0 aliphatic heterocycles. The summed E-state index contributed by atoms with van der Waals surface area (Å²) >= 11 is 0. The number of nitrogens with zero attached hydrogens (tertiary/aromatic N) is 1. The summed E-state index contributed by atoms with van der Waals surface area (Å²) in [6.07, 6.45) is 0. The Labute approximate surface area is 88.7 Å². The van der Waals surface area contributed by atoms with Crippen LogP contribution in [0.3, 0.4) is 0 Å². The van der Waals surface area contributed by atoms with Crippen LogP contribution in [0, 0.1) is 5.82 Å². The van der Waals surface area contributed by atoms with E-state index < -0.39 is 0 Å². The van der Waals surface area contributed by atoms with Crippen LogP contribution in [0.5, 0.6) is 0 Å². The van der Waals surface area contributed by atoms with Crippen molar-refractivity contribution in [1.29, 1.82) is 0 Å². The molecular weight excluding hydrogens is 191 g/mol. The van der Waals surface area contributed by atoms with Crippen LogP contribution in [0.4, 0.5) is 4.39 Å². The molecule has 0 spiro atoms. The van der Waals surface area contributed by atoms with E-state index in [-0.39, 0.29) is 11.9 Å². The van der Waals surface area contributed by atoms with Crippen molar-refractivity contribution in [3.63, 3.8) is 0 Å². The lowest BCUT2D eigenvalue weighted by Crippen LogP contribution is -2.15. The predicted octanol–water partition coefficient (Wildman–Crippen LogP) is 2.60. The number of fused-ring (bicyclic) bond motifs is 1. The molecular formula is C12H15FN2. The summed E-state index contributed by atoms with van der Waals surface area (Å²) in [6, 6.07) is 7.24. The quantitative estimate of drug-likeness (QED) is 0.799. The van der Waals surface area contributed by atoms with Crippen molar-refractivity contribution < 1.29 is 4.39 Å². The molecule has 0 amide bonds. The maximum absolute atomic E-state index is 13.1. The fraction of sp³-hybridized carbons (Fsp3) is 0.333. The highest BCUT2D eigenvalue weighted by molar-refractivity contribution is 5.81. The molecule has 1 aromatic carbocycles. The van der Waals surface area contributed by atoms with Gasteiger partial charge in [-0.3, -0.25) is 0 Å². The molecule has 3 heteroatoms. The molecule has 15 heavy (non-hydrogen) atoms. The van der Waals surface area contributed by atoms with Crippen molar-refractivity contribution in [3.05, 3.63) is 35.8 Å². The fourth-order valence-corrected chi connectivity index (χ4v) is 1.89. The van der Waals surface area contributed by atoms with Crippen LogP contribution in [0.25, 0.3) is 10.9 Å². The topological polar surface area (TPSA) is 17.0 Å². The first kappa shape index (κ1) is 10.2. The zero-order chi connectivity index (χ0) is 11.0. The second kappa shape index (κ2) is 3.66. The standard InChI is InChI=1S/C12H15FN2/c1-8(14-2)11-6-9-4-5-10(13)7-12(9)15(11)3/h4-8,14H,1-3H3. The summed E-state index contributed by atoms with van der Waals surface area (Å²) in [5.74, 6) is -0.188. The third-order valence-electron chi connectivity index (χ3n) is 2.92. The van der Waals surface area contributed by atoms with Crippen molar-refractivity contribution in [3.8, 4) is 0 Å². The van der Waals surface area contributed by atoms with Gasteiger partial charge in [0.1, 0.15) is 5.82 Å². The van der Waals surface area contributed by atoms with Crippen LogP contribution < -0.4 is 5.32 Å². The highest BCUT2D eigenvalue weighted by Crippen LogP contribution is 2.23. The maximum atomic E-state index is 13.1. The minimum Gasteiger partial charge on any atom is -0.346 e. The van der Waals surface area contributed by atoms with Gasteiger partial charge >= 0.3 is 0 Å². The molecule has 0 bridgehead atoms. The Hall–Kier alpha value is -1.35. The second-order valence-electron chi connectivity index (χ2n) is 3.84. The highest BCUT2D eigenvalue weighted by atomic mass is 19.1. The third kappa shape index (κ3) is 1.63. The van der Waals surface area contributed by atoms with Crippen LogP contribution in [-0.2, 0) is 7.05 Å². The van der Waals surface area contributed by atoms with Gasteiger partial charge in [0, 0.05) is 24.2 Å². The number of aryl methyl sites for hydroxylation is 1. The smallest absolute Gasteiger partial charge is 0.125 e. The van der Waals surface area contributed by atoms with Gasteiger partial charge in [-0.1, -0.05) is 0 Å². The number of aromatic nitrogens is 1. The second-order valence-corrected chi connectivity index (χ2v) is 3.84. The molecule has 0 saturated carbocycles. The molecule has 0 fully saturated rings. The minimum atomic E-state index is -0.188. The molecule has 0 aliphatic carbocycles. The van der Waals surface area contributed by atoms with E-state index in [0.717, 1.165) is 16.6 Å². The Morgan fingerprint density at radius 2 is 2.07 bits per heavy atom. The van der Waals surface area contributed by atoms with Crippen molar-refractivity contribution in [1.82, 2.24) is 9.88 Å². The molecule has 1 N–H and O–H groups in total. The summed E-state index contributed by atoms with van der Waals surface area (Å²) in [4.78, 5) is 0. The summed E-state index contributed by atoms with van der Waals surface area (Å²) in [7, 11) is 3.88. The normalized spacial score (nSPS) is 13.3. The zero-order valence-electron chi connectivity index (χ0n) is 9.21. The van der Waals surface area contributed by atoms with E-state index in [9.17, 15) is 4.39 Å².